The number of amides is 1. The lowest BCUT2D eigenvalue weighted by molar-refractivity contribution is -0.121. The first-order valence-corrected chi connectivity index (χ1v) is 6.48. The van der Waals surface area contributed by atoms with Crippen molar-refractivity contribution in [1.82, 2.24) is 20.5 Å². The van der Waals surface area contributed by atoms with Crippen molar-refractivity contribution in [2.24, 2.45) is 0 Å². The summed E-state index contributed by atoms with van der Waals surface area (Å²) in [6, 6.07) is 7.56. The third-order valence-electron chi connectivity index (χ3n) is 2.73. The van der Waals surface area contributed by atoms with Gasteiger partial charge in [-0.15, -0.1) is 0 Å². The predicted octanol–water partition coefficient (Wildman–Crippen LogP) is 1.75. The second-order valence-electron chi connectivity index (χ2n) is 4.12. The molecule has 0 aliphatic heterocycles. The number of hydrogen-bond acceptors (Lipinski definition) is 3. The second-order valence-corrected chi connectivity index (χ2v) is 4.53. The molecule has 1 aromatic heterocycles. The Balaban J connectivity index is 1.69. The quantitative estimate of drug-likeness (QED) is 0.846. The van der Waals surface area contributed by atoms with Crippen molar-refractivity contribution in [2.75, 3.05) is 6.54 Å². The van der Waals surface area contributed by atoms with Crippen molar-refractivity contribution >= 4 is 17.5 Å². The summed E-state index contributed by atoms with van der Waals surface area (Å²) >= 11 is 6.03. The minimum Gasteiger partial charge on any atom is -0.356 e. The summed E-state index contributed by atoms with van der Waals surface area (Å²) in [6.45, 7) is 0.552. The maximum atomic E-state index is 11.7. The predicted molar refractivity (Wildman–Crippen MR) is 72.9 cm³/mol. The molecule has 1 amide bonds. The Morgan fingerprint density at radius 2 is 2.16 bits per heavy atom. The third kappa shape index (κ3) is 4.37. The van der Waals surface area contributed by atoms with Gasteiger partial charge in [0.1, 0.15) is 12.2 Å². The van der Waals surface area contributed by atoms with Crippen LogP contribution >= 0.6 is 11.6 Å². The van der Waals surface area contributed by atoms with E-state index < -0.39 is 0 Å². The van der Waals surface area contributed by atoms with Crippen molar-refractivity contribution in [3.63, 3.8) is 0 Å². The minimum atomic E-state index is 0.0134. The first kappa shape index (κ1) is 13.5. The van der Waals surface area contributed by atoms with E-state index in [0.29, 0.717) is 30.8 Å². The lowest BCUT2D eigenvalue weighted by Crippen LogP contribution is -2.26. The molecule has 0 fully saturated rings. The van der Waals surface area contributed by atoms with Gasteiger partial charge in [0.2, 0.25) is 5.91 Å². The van der Waals surface area contributed by atoms with Crippen LogP contribution in [0.3, 0.4) is 0 Å². The van der Waals surface area contributed by atoms with Crippen molar-refractivity contribution in [3.05, 3.63) is 47.0 Å². The summed E-state index contributed by atoms with van der Waals surface area (Å²) in [5.74, 6) is 0.783. The molecule has 0 aliphatic carbocycles. The van der Waals surface area contributed by atoms with Crippen LogP contribution in [0.4, 0.5) is 0 Å². The first-order valence-electron chi connectivity index (χ1n) is 6.10. The van der Waals surface area contributed by atoms with Crippen LogP contribution in [0, 0.1) is 0 Å². The molecular formula is C13H15ClN4O. The Morgan fingerprint density at radius 3 is 2.89 bits per heavy atom. The number of aromatic nitrogens is 3. The molecule has 2 rings (SSSR count). The zero-order valence-corrected chi connectivity index (χ0v) is 11.2. The van der Waals surface area contributed by atoms with E-state index in [1.54, 1.807) is 0 Å². The van der Waals surface area contributed by atoms with Gasteiger partial charge < -0.3 is 5.32 Å². The molecule has 0 aliphatic rings. The molecule has 19 heavy (non-hydrogen) atoms. The van der Waals surface area contributed by atoms with E-state index in [2.05, 4.69) is 20.5 Å². The van der Waals surface area contributed by atoms with Gasteiger partial charge in [0.25, 0.3) is 0 Å². The lowest BCUT2D eigenvalue weighted by atomic mass is 10.1. The number of hydrogen-bond donors (Lipinski definition) is 2. The molecule has 0 saturated carbocycles. The molecule has 5 nitrogen and oxygen atoms in total. The fourth-order valence-electron chi connectivity index (χ4n) is 1.71. The van der Waals surface area contributed by atoms with E-state index in [1.165, 1.54) is 6.33 Å². The van der Waals surface area contributed by atoms with Gasteiger partial charge in [0.15, 0.2) is 0 Å². The minimum absolute atomic E-state index is 0.0134. The number of aryl methyl sites for hydroxylation is 1. The zero-order chi connectivity index (χ0) is 13.5. The van der Waals surface area contributed by atoms with Crippen LogP contribution < -0.4 is 5.32 Å². The van der Waals surface area contributed by atoms with Gasteiger partial charge in [-0.3, -0.25) is 9.89 Å². The van der Waals surface area contributed by atoms with Crippen LogP contribution in [-0.4, -0.2) is 27.6 Å². The smallest absolute Gasteiger partial charge is 0.220 e. The summed E-state index contributed by atoms with van der Waals surface area (Å²) in [6.07, 6.45) is 3.18. The highest BCUT2D eigenvalue weighted by molar-refractivity contribution is 6.31. The maximum Gasteiger partial charge on any atom is 0.220 e. The summed E-state index contributed by atoms with van der Waals surface area (Å²) in [4.78, 5) is 15.6. The summed E-state index contributed by atoms with van der Waals surface area (Å²) in [7, 11) is 0. The number of carbonyl (C=O) groups is 1. The fraction of sp³-hybridized carbons (Fsp3) is 0.308. The monoisotopic (exact) mass is 278 g/mol. The number of carbonyl (C=O) groups excluding carboxylic acids is 1. The largest absolute Gasteiger partial charge is 0.356 e. The molecule has 0 bridgehead atoms. The maximum absolute atomic E-state index is 11.7. The number of rotatable bonds is 6. The molecule has 2 aromatic rings. The Hall–Kier alpha value is -1.88. The Labute approximate surface area is 116 Å². The third-order valence-corrected chi connectivity index (χ3v) is 3.10. The first-order chi connectivity index (χ1) is 9.25. The average Bonchev–Trinajstić information content (AvgIpc) is 2.91. The highest BCUT2D eigenvalue weighted by atomic mass is 35.5. The average molecular weight is 279 g/mol. The van der Waals surface area contributed by atoms with Crippen LogP contribution in [-0.2, 0) is 17.6 Å². The highest BCUT2D eigenvalue weighted by Crippen LogP contribution is 2.16. The van der Waals surface area contributed by atoms with Crippen molar-refractivity contribution in [3.8, 4) is 0 Å². The van der Waals surface area contributed by atoms with Gasteiger partial charge in [-0.2, -0.15) is 5.10 Å². The van der Waals surface area contributed by atoms with Gasteiger partial charge in [0.05, 0.1) is 0 Å². The van der Waals surface area contributed by atoms with E-state index in [9.17, 15) is 4.79 Å². The van der Waals surface area contributed by atoms with Gasteiger partial charge in [-0.05, 0) is 18.1 Å². The van der Waals surface area contributed by atoms with Crippen LogP contribution in [0.1, 0.15) is 17.8 Å². The molecule has 0 saturated heterocycles. The van der Waals surface area contributed by atoms with Gasteiger partial charge in [0, 0.05) is 24.4 Å². The number of nitrogens with one attached hydrogen (secondary N) is 2. The normalized spacial score (nSPS) is 10.4. The summed E-state index contributed by atoms with van der Waals surface area (Å²) in [5, 5.41) is 10.0. The molecule has 0 unspecified atom stereocenters. The molecular weight excluding hydrogens is 264 g/mol. The van der Waals surface area contributed by atoms with E-state index in [-0.39, 0.29) is 5.91 Å². The molecule has 1 heterocycles. The Bertz CT molecular complexity index is 527. The van der Waals surface area contributed by atoms with Crippen LogP contribution in [0.5, 0.6) is 0 Å². The van der Waals surface area contributed by atoms with Crippen LogP contribution in [0.25, 0.3) is 0 Å². The lowest BCUT2D eigenvalue weighted by Gasteiger charge is -2.05. The van der Waals surface area contributed by atoms with Crippen molar-refractivity contribution < 1.29 is 4.79 Å². The summed E-state index contributed by atoms with van der Waals surface area (Å²) in [5.41, 5.74) is 0.995. The van der Waals surface area contributed by atoms with E-state index in [1.807, 2.05) is 24.3 Å². The molecule has 0 spiro atoms. The number of aromatic amines is 1. The Morgan fingerprint density at radius 1 is 1.32 bits per heavy atom. The number of halogens is 1. The van der Waals surface area contributed by atoms with E-state index >= 15 is 0 Å². The molecule has 6 heteroatoms. The fourth-order valence-corrected chi connectivity index (χ4v) is 1.94. The highest BCUT2D eigenvalue weighted by Gasteiger charge is 2.04. The molecule has 2 N–H and O–H groups in total. The zero-order valence-electron chi connectivity index (χ0n) is 10.4. The number of benzene rings is 1. The molecule has 1 aromatic carbocycles. The van der Waals surface area contributed by atoms with Crippen molar-refractivity contribution in [1.29, 1.82) is 0 Å². The van der Waals surface area contributed by atoms with Gasteiger partial charge >= 0.3 is 0 Å². The topological polar surface area (TPSA) is 70.7 Å². The Kier molecular flexibility index (Phi) is 4.92. The van der Waals surface area contributed by atoms with Gasteiger partial charge in [-0.25, -0.2) is 4.98 Å². The van der Waals surface area contributed by atoms with E-state index in [0.717, 1.165) is 11.4 Å². The number of nitrogens with zero attached hydrogens (tertiary/aromatic N) is 2. The molecule has 0 atom stereocenters. The summed E-state index contributed by atoms with van der Waals surface area (Å²) < 4.78 is 0. The van der Waals surface area contributed by atoms with E-state index in [4.69, 9.17) is 11.6 Å². The second kappa shape index (κ2) is 6.89. The van der Waals surface area contributed by atoms with Crippen molar-refractivity contribution in [2.45, 2.75) is 19.3 Å². The standard InChI is InChI=1S/C13H15ClN4O/c14-11-4-2-1-3-10(11)5-6-13(19)15-8-7-12-16-9-17-18-12/h1-4,9H,5-8H2,(H,15,19)(H,16,17,18). The van der Waals surface area contributed by atoms with Gasteiger partial charge in [-0.1, -0.05) is 29.8 Å². The van der Waals surface area contributed by atoms with Crippen LogP contribution in [0.15, 0.2) is 30.6 Å². The number of H-pyrrole nitrogens is 1. The molecule has 100 valence electrons. The SMILES string of the molecule is O=C(CCc1ccccc1Cl)NCCc1ncn[nH]1. The van der Waals surface area contributed by atoms with Crippen LogP contribution in [0.2, 0.25) is 5.02 Å². The molecule has 0 radical (unpaired) electrons.